The van der Waals surface area contributed by atoms with Gasteiger partial charge in [0.1, 0.15) is 18.1 Å². The van der Waals surface area contributed by atoms with Crippen molar-refractivity contribution in [3.8, 4) is 0 Å². The molecule has 1 aliphatic rings. The van der Waals surface area contributed by atoms with Crippen LogP contribution in [-0.4, -0.2) is 69.4 Å². The molecule has 10 heteroatoms. The molecule has 3 aromatic rings. The Morgan fingerprint density at radius 2 is 1.66 bits per heavy atom. The third-order valence-corrected chi connectivity index (χ3v) is 7.51. The molecule has 0 bridgehead atoms. The largest absolute Gasteiger partial charge is 0.480 e. The number of nitrogens with one attached hydrogen (secondary N) is 3. The van der Waals surface area contributed by atoms with Gasteiger partial charge in [0.05, 0.1) is 6.04 Å². The van der Waals surface area contributed by atoms with Gasteiger partial charge in [-0.05, 0) is 42.4 Å². The SMILES string of the molecule is CC(C)CC(N)C(=O)NC(Cc1ccccc1)C(=O)NC(Cc1c[nH]c2ccccc12)C(=O)N1CCCC1C(=O)O. The number of hydrogen-bond donors (Lipinski definition) is 5. The summed E-state index contributed by atoms with van der Waals surface area (Å²) in [5.74, 6) is -2.32. The summed E-state index contributed by atoms with van der Waals surface area (Å²) < 4.78 is 0. The van der Waals surface area contributed by atoms with E-state index in [-0.39, 0.29) is 18.8 Å². The zero-order chi connectivity index (χ0) is 29.5. The third kappa shape index (κ3) is 7.52. The number of fused-ring (bicyclic) bond motifs is 1. The van der Waals surface area contributed by atoms with Crippen LogP contribution < -0.4 is 16.4 Å². The molecule has 1 aromatic heterocycles. The number of benzene rings is 2. The number of amides is 3. The number of likely N-dealkylation sites (tertiary alicyclic amines) is 1. The molecule has 0 saturated carbocycles. The maximum absolute atomic E-state index is 13.8. The van der Waals surface area contributed by atoms with Gasteiger partial charge in [0, 0.05) is 36.5 Å². The van der Waals surface area contributed by atoms with E-state index in [9.17, 15) is 24.3 Å². The Hall–Kier alpha value is -4.18. The smallest absolute Gasteiger partial charge is 0.326 e. The molecule has 4 unspecified atom stereocenters. The number of aromatic nitrogens is 1. The molecular weight excluding hydrogens is 522 g/mol. The van der Waals surface area contributed by atoms with Gasteiger partial charge in [0.15, 0.2) is 0 Å². The number of nitrogens with two attached hydrogens (primary N) is 1. The van der Waals surface area contributed by atoms with Gasteiger partial charge in [0.2, 0.25) is 17.7 Å². The Morgan fingerprint density at radius 1 is 0.976 bits per heavy atom. The molecular formula is C31H39N5O5. The third-order valence-electron chi connectivity index (χ3n) is 7.51. The molecule has 41 heavy (non-hydrogen) atoms. The molecule has 3 amide bonds. The number of aliphatic carboxylic acids is 1. The number of hydrogen-bond acceptors (Lipinski definition) is 5. The summed E-state index contributed by atoms with van der Waals surface area (Å²) in [4.78, 5) is 57.0. The Labute approximate surface area is 239 Å². The lowest BCUT2D eigenvalue weighted by Gasteiger charge is -2.29. The number of rotatable bonds is 12. The monoisotopic (exact) mass is 561 g/mol. The molecule has 0 spiro atoms. The number of carbonyl (C=O) groups is 4. The van der Waals surface area contributed by atoms with Gasteiger partial charge in [-0.1, -0.05) is 62.4 Å². The van der Waals surface area contributed by atoms with E-state index in [0.717, 1.165) is 22.0 Å². The Bertz CT molecular complexity index is 1370. The fourth-order valence-corrected chi connectivity index (χ4v) is 5.43. The summed E-state index contributed by atoms with van der Waals surface area (Å²) in [6.45, 7) is 4.22. The molecule has 1 fully saturated rings. The van der Waals surface area contributed by atoms with Gasteiger partial charge in [-0.2, -0.15) is 0 Å². The van der Waals surface area contributed by atoms with Crippen LogP contribution in [0.2, 0.25) is 0 Å². The van der Waals surface area contributed by atoms with Crippen molar-refractivity contribution in [2.24, 2.45) is 11.7 Å². The molecule has 10 nitrogen and oxygen atoms in total. The van der Waals surface area contributed by atoms with Gasteiger partial charge in [-0.3, -0.25) is 14.4 Å². The number of carboxylic acids is 1. The van der Waals surface area contributed by atoms with Gasteiger partial charge in [-0.25, -0.2) is 4.79 Å². The van der Waals surface area contributed by atoms with Gasteiger partial charge >= 0.3 is 5.97 Å². The second kappa shape index (κ2) is 13.5. The summed E-state index contributed by atoms with van der Waals surface area (Å²) in [6, 6.07) is 13.1. The number of carbonyl (C=O) groups excluding carboxylic acids is 3. The topological polar surface area (TPSA) is 158 Å². The van der Waals surface area contributed by atoms with Crippen LogP contribution in [0.25, 0.3) is 10.9 Å². The number of nitrogens with zero attached hydrogens (tertiary/aromatic N) is 1. The van der Waals surface area contributed by atoms with Crippen LogP contribution >= 0.6 is 0 Å². The van der Waals surface area contributed by atoms with Gasteiger partial charge in [-0.15, -0.1) is 0 Å². The predicted molar refractivity (Wildman–Crippen MR) is 156 cm³/mol. The van der Waals surface area contributed by atoms with E-state index >= 15 is 0 Å². The molecule has 0 radical (unpaired) electrons. The average molecular weight is 562 g/mol. The Balaban J connectivity index is 1.61. The van der Waals surface area contributed by atoms with E-state index in [0.29, 0.717) is 25.8 Å². The molecule has 218 valence electrons. The van der Waals surface area contributed by atoms with E-state index in [4.69, 9.17) is 5.73 Å². The lowest BCUT2D eigenvalue weighted by molar-refractivity contribution is -0.149. The summed E-state index contributed by atoms with van der Waals surface area (Å²) in [6.07, 6.45) is 3.52. The minimum absolute atomic E-state index is 0.149. The highest BCUT2D eigenvalue weighted by atomic mass is 16.4. The first-order valence-corrected chi connectivity index (χ1v) is 14.1. The zero-order valence-electron chi connectivity index (χ0n) is 23.5. The van der Waals surface area contributed by atoms with Crippen molar-refractivity contribution < 1.29 is 24.3 Å². The number of aromatic amines is 1. The van der Waals surface area contributed by atoms with Crippen molar-refractivity contribution in [2.45, 2.75) is 70.1 Å². The van der Waals surface area contributed by atoms with Crippen LogP contribution in [0, 0.1) is 5.92 Å². The van der Waals surface area contributed by atoms with E-state index in [1.54, 1.807) is 6.20 Å². The lowest BCUT2D eigenvalue weighted by Crippen LogP contribution is -2.58. The van der Waals surface area contributed by atoms with Crippen LogP contribution in [-0.2, 0) is 32.0 Å². The molecule has 6 N–H and O–H groups in total. The quantitative estimate of drug-likeness (QED) is 0.228. The summed E-state index contributed by atoms with van der Waals surface area (Å²) >= 11 is 0. The van der Waals surface area contributed by atoms with Gasteiger partial charge < -0.3 is 31.4 Å². The summed E-state index contributed by atoms with van der Waals surface area (Å²) in [5, 5.41) is 16.3. The first-order valence-electron chi connectivity index (χ1n) is 14.1. The number of para-hydroxylation sites is 1. The Morgan fingerprint density at radius 3 is 2.37 bits per heavy atom. The highest BCUT2D eigenvalue weighted by Gasteiger charge is 2.38. The van der Waals surface area contributed by atoms with Gasteiger partial charge in [0.25, 0.3) is 0 Å². The first kappa shape index (κ1) is 29.8. The van der Waals surface area contributed by atoms with Crippen LogP contribution in [0.1, 0.15) is 44.2 Å². The highest BCUT2D eigenvalue weighted by molar-refractivity contribution is 5.95. The van der Waals surface area contributed by atoms with Crippen LogP contribution in [0.4, 0.5) is 0 Å². The summed E-state index contributed by atoms with van der Waals surface area (Å²) in [5.41, 5.74) is 8.64. The maximum atomic E-state index is 13.8. The van der Waals surface area contributed by atoms with Crippen LogP contribution in [0.3, 0.4) is 0 Å². The standard InChI is InChI=1S/C31H39N5O5/c1-19(2)15-23(32)28(37)34-25(16-20-9-4-3-5-10-20)29(38)35-26(30(39)36-14-8-13-27(36)31(40)41)17-21-18-33-24-12-7-6-11-22(21)24/h3-7,9-12,18-19,23,25-27,33H,8,13-17,32H2,1-2H3,(H,34,37)(H,35,38)(H,40,41). The fourth-order valence-electron chi connectivity index (χ4n) is 5.43. The van der Waals surface area contributed by atoms with Crippen molar-refractivity contribution in [2.75, 3.05) is 6.54 Å². The minimum atomic E-state index is -1.07. The van der Waals surface area contributed by atoms with Crippen molar-refractivity contribution >= 4 is 34.6 Å². The number of carboxylic acid groups (broad SMARTS) is 1. The van der Waals surface area contributed by atoms with Crippen LogP contribution in [0.15, 0.2) is 60.8 Å². The molecule has 0 aliphatic carbocycles. The van der Waals surface area contributed by atoms with Crippen molar-refractivity contribution in [3.05, 3.63) is 71.9 Å². The first-order chi connectivity index (χ1) is 19.6. The van der Waals surface area contributed by atoms with Crippen LogP contribution in [0.5, 0.6) is 0 Å². The van der Waals surface area contributed by atoms with E-state index in [2.05, 4.69) is 15.6 Å². The van der Waals surface area contributed by atoms with E-state index in [1.165, 1.54) is 4.90 Å². The van der Waals surface area contributed by atoms with Crippen molar-refractivity contribution in [1.82, 2.24) is 20.5 Å². The number of H-pyrrole nitrogens is 1. The fraction of sp³-hybridized carbons (Fsp3) is 0.419. The second-order valence-corrected chi connectivity index (χ2v) is 11.1. The van der Waals surface area contributed by atoms with Crippen molar-refractivity contribution in [3.63, 3.8) is 0 Å². The zero-order valence-corrected chi connectivity index (χ0v) is 23.5. The molecule has 1 saturated heterocycles. The lowest BCUT2D eigenvalue weighted by atomic mass is 10.00. The predicted octanol–water partition coefficient (Wildman–Crippen LogP) is 2.37. The molecule has 1 aliphatic heterocycles. The van der Waals surface area contributed by atoms with Crippen molar-refractivity contribution in [1.29, 1.82) is 0 Å². The maximum Gasteiger partial charge on any atom is 0.326 e. The Kier molecular flexibility index (Phi) is 9.78. The van der Waals surface area contributed by atoms with E-state index < -0.39 is 47.9 Å². The molecule has 4 atom stereocenters. The normalized spacial score (nSPS) is 17.3. The molecule has 2 heterocycles. The van der Waals surface area contributed by atoms with E-state index in [1.807, 2.05) is 68.4 Å². The average Bonchev–Trinajstić information content (AvgIpc) is 3.60. The molecule has 4 rings (SSSR count). The second-order valence-electron chi connectivity index (χ2n) is 11.1. The summed E-state index contributed by atoms with van der Waals surface area (Å²) in [7, 11) is 0. The molecule has 2 aromatic carbocycles. The minimum Gasteiger partial charge on any atom is -0.480 e. The highest BCUT2D eigenvalue weighted by Crippen LogP contribution is 2.23.